The zero-order valence-corrected chi connectivity index (χ0v) is 13.6. The normalized spacial score (nSPS) is 17.4. The predicted octanol–water partition coefficient (Wildman–Crippen LogP) is 4.69. The van der Waals surface area contributed by atoms with E-state index in [1.54, 1.807) is 6.07 Å². The van der Waals surface area contributed by atoms with Crippen LogP contribution >= 0.6 is 31.9 Å². The molecule has 0 unspecified atom stereocenters. The first-order valence-corrected chi connectivity index (χ1v) is 8.10. The van der Waals surface area contributed by atoms with Crippen molar-refractivity contribution in [2.75, 3.05) is 11.9 Å². The van der Waals surface area contributed by atoms with Gasteiger partial charge in [0.15, 0.2) is 0 Å². The number of halogens is 2. The van der Waals surface area contributed by atoms with Gasteiger partial charge in [-0.05, 0) is 34.8 Å². The Kier molecular flexibility index (Phi) is 4.84. The Labute approximate surface area is 128 Å². The summed E-state index contributed by atoms with van der Waals surface area (Å²) in [5.74, 6) is 0.543. The summed E-state index contributed by atoms with van der Waals surface area (Å²) in [4.78, 5) is 10.4. The lowest BCUT2D eigenvalue weighted by molar-refractivity contribution is -0.385. The fourth-order valence-corrected chi connectivity index (χ4v) is 3.47. The lowest BCUT2D eigenvalue weighted by Crippen LogP contribution is -2.27. The Morgan fingerprint density at radius 3 is 2.63 bits per heavy atom. The number of non-ortho nitro benzene ring substituents is 1. The van der Waals surface area contributed by atoms with Crippen LogP contribution in [0.3, 0.4) is 0 Å². The van der Waals surface area contributed by atoms with Gasteiger partial charge >= 0.3 is 0 Å². The molecule has 1 fully saturated rings. The van der Waals surface area contributed by atoms with Crippen molar-refractivity contribution in [3.8, 4) is 5.75 Å². The maximum Gasteiger partial charge on any atom is 0.273 e. The predicted molar refractivity (Wildman–Crippen MR) is 81.0 cm³/mol. The van der Waals surface area contributed by atoms with Crippen molar-refractivity contribution in [2.45, 2.75) is 25.7 Å². The average Bonchev–Trinajstić information content (AvgIpc) is 2.87. The Bertz CT molecular complexity index is 473. The average molecular weight is 393 g/mol. The van der Waals surface area contributed by atoms with Gasteiger partial charge in [-0.25, -0.2) is 0 Å². The molecule has 0 spiro atoms. The molecule has 0 amide bonds. The van der Waals surface area contributed by atoms with E-state index in [2.05, 4.69) is 31.9 Å². The van der Waals surface area contributed by atoms with Gasteiger partial charge < -0.3 is 4.74 Å². The van der Waals surface area contributed by atoms with E-state index in [9.17, 15) is 10.1 Å². The Hall–Kier alpha value is -0.620. The van der Waals surface area contributed by atoms with Crippen LogP contribution in [0.15, 0.2) is 22.7 Å². The van der Waals surface area contributed by atoms with Gasteiger partial charge in [0.1, 0.15) is 5.75 Å². The molecule has 0 aromatic heterocycles. The lowest BCUT2D eigenvalue weighted by atomic mass is 9.90. The van der Waals surface area contributed by atoms with Gasteiger partial charge in [-0.15, -0.1) is 0 Å². The molecule has 0 saturated heterocycles. The zero-order valence-electron chi connectivity index (χ0n) is 10.4. The smallest absolute Gasteiger partial charge is 0.273 e. The summed E-state index contributed by atoms with van der Waals surface area (Å²) in [6.45, 7) is 0.595. The van der Waals surface area contributed by atoms with Gasteiger partial charge in [-0.3, -0.25) is 10.1 Å². The topological polar surface area (TPSA) is 52.4 Å². The lowest BCUT2D eigenvalue weighted by Gasteiger charge is -2.26. The highest BCUT2D eigenvalue weighted by Gasteiger charge is 2.33. The number of alkyl halides is 1. The standard InChI is InChI=1S/C13H15Br2NO3/c14-8-13(5-1-2-6-13)9-19-12-7-10(16(17)18)3-4-11(12)15/h3-4,7H,1-2,5-6,8-9H2. The van der Waals surface area contributed by atoms with Crippen LogP contribution < -0.4 is 4.74 Å². The summed E-state index contributed by atoms with van der Waals surface area (Å²) >= 11 is 6.93. The van der Waals surface area contributed by atoms with Crippen molar-refractivity contribution >= 4 is 37.5 Å². The molecule has 0 bridgehead atoms. The molecule has 2 rings (SSSR count). The second-order valence-corrected chi connectivity index (χ2v) is 6.42. The SMILES string of the molecule is O=[N+]([O-])c1ccc(Br)c(OCC2(CBr)CCCC2)c1. The second-order valence-electron chi connectivity index (χ2n) is 5.00. The van der Waals surface area contributed by atoms with Crippen LogP contribution in [0.1, 0.15) is 25.7 Å². The van der Waals surface area contributed by atoms with Crippen LogP contribution in [-0.4, -0.2) is 16.9 Å². The molecule has 1 aromatic carbocycles. The van der Waals surface area contributed by atoms with E-state index >= 15 is 0 Å². The van der Waals surface area contributed by atoms with Crippen molar-refractivity contribution in [1.29, 1.82) is 0 Å². The van der Waals surface area contributed by atoms with Gasteiger partial charge in [0.25, 0.3) is 5.69 Å². The zero-order chi connectivity index (χ0) is 13.9. The number of rotatable bonds is 5. The van der Waals surface area contributed by atoms with Crippen LogP contribution in [-0.2, 0) is 0 Å². The minimum Gasteiger partial charge on any atom is -0.492 e. The molecule has 0 radical (unpaired) electrons. The molecule has 6 heteroatoms. The van der Waals surface area contributed by atoms with E-state index in [0.29, 0.717) is 12.4 Å². The van der Waals surface area contributed by atoms with Gasteiger partial charge in [0, 0.05) is 16.8 Å². The number of nitro groups is 1. The van der Waals surface area contributed by atoms with Gasteiger partial charge in [0.2, 0.25) is 0 Å². The third kappa shape index (κ3) is 3.48. The fourth-order valence-electron chi connectivity index (χ4n) is 2.39. The van der Waals surface area contributed by atoms with E-state index in [1.807, 2.05) is 0 Å². The first-order chi connectivity index (χ1) is 9.06. The highest BCUT2D eigenvalue weighted by molar-refractivity contribution is 9.10. The van der Waals surface area contributed by atoms with Crippen molar-refractivity contribution < 1.29 is 9.66 Å². The first kappa shape index (κ1) is 14.8. The monoisotopic (exact) mass is 391 g/mol. The van der Waals surface area contributed by atoms with Gasteiger partial charge in [0.05, 0.1) is 22.1 Å². The Morgan fingerprint density at radius 2 is 2.05 bits per heavy atom. The van der Waals surface area contributed by atoms with Crippen LogP contribution in [0, 0.1) is 15.5 Å². The minimum absolute atomic E-state index is 0.0533. The number of nitrogens with zero attached hydrogens (tertiary/aromatic N) is 1. The molecule has 1 aliphatic rings. The molecule has 0 N–H and O–H groups in total. The summed E-state index contributed by atoms with van der Waals surface area (Å²) in [7, 11) is 0. The minimum atomic E-state index is -0.408. The maximum absolute atomic E-state index is 10.8. The van der Waals surface area contributed by atoms with Crippen molar-refractivity contribution in [2.24, 2.45) is 5.41 Å². The largest absolute Gasteiger partial charge is 0.492 e. The molecular formula is C13H15Br2NO3. The molecular weight excluding hydrogens is 378 g/mol. The van der Waals surface area contributed by atoms with Crippen LogP contribution in [0.25, 0.3) is 0 Å². The summed E-state index contributed by atoms with van der Waals surface area (Å²) in [5, 5.41) is 11.7. The molecule has 1 saturated carbocycles. The fraction of sp³-hybridized carbons (Fsp3) is 0.538. The third-order valence-electron chi connectivity index (χ3n) is 3.61. The van der Waals surface area contributed by atoms with Crippen molar-refractivity contribution in [1.82, 2.24) is 0 Å². The molecule has 0 heterocycles. The highest BCUT2D eigenvalue weighted by Crippen LogP contribution is 2.41. The molecule has 1 aromatic rings. The van der Waals surface area contributed by atoms with E-state index < -0.39 is 4.92 Å². The number of ether oxygens (including phenoxy) is 1. The van der Waals surface area contributed by atoms with Crippen LogP contribution in [0.5, 0.6) is 5.75 Å². The number of nitro benzene ring substituents is 1. The van der Waals surface area contributed by atoms with Crippen molar-refractivity contribution in [3.63, 3.8) is 0 Å². The summed E-state index contributed by atoms with van der Waals surface area (Å²) in [5.41, 5.74) is 0.224. The summed E-state index contributed by atoms with van der Waals surface area (Å²) in [6, 6.07) is 4.59. The number of hydrogen-bond donors (Lipinski definition) is 0. The molecule has 19 heavy (non-hydrogen) atoms. The third-order valence-corrected chi connectivity index (χ3v) is 5.45. The quantitative estimate of drug-likeness (QED) is 0.414. The molecule has 0 atom stereocenters. The molecule has 4 nitrogen and oxygen atoms in total. The number of benzene rings is 1. The summed E-state index contributed by atoms with van der Waals surface area (Å²) < 4.78 is 6.58. The van der Waals surface area contributed by atoms with Crippen LogP contribution in [0.2, 0.25) is 0 Å². The molecule has 0 aliphatic heterocycles. The van der Waals surface area contributed by atoms with Gasteiger partial charge in [-0.2, -0.15) is 0 Å². The second kappa shape index (κ2) is 6.22. The van der Waals surface area contributed by atoms with E-state index in [0.717, 1.165) is 22.6 Å². The highest BCUT2D eigenvalue weighted by atomic mass is 79.9. The summed E-state index contributed by atoms with van der Waals surface area (Å²) in [6.07, 6.45) is 4.74. The molecule has 1 aliphatic carbocycles. The van der Waals surface area contributed by atoms with E-state index in [-0.39, 0.29) is 11.1 Å². The first-order valence-electron chi connectivity index (χ1n) is 6.19. The van der Waals surface area contributed by atoms with Crippen LogP contribution in [0.4, 0.5) is 5.69 Å². The van der Waals surface area contributed by atoms with E-state index in [4.69, 9.17) is 4.74 Å². The van der Waals surface area contributed by atoms with Gasteiger partial charge in [-0.1, -0.05) is 28.8 Å². The molecule has 104 valence electrons. The van der Waals surface area contributed by atoms with E-state index in [1.165, 1.54) is 25.0 Å². The number of hydrogen-bond acceptors (Lipinski definition) is 3. The maximum atomic E-state index is 10.8. The Balaban J connectivity index is 2.10. The van der Waals surface area contributed by atoms with Crippen molar-refractivity contribution in [3.05, 3.63) is 32.8 Å². The Morgan fingerprint density at radius 1 is 1.37 bits per heavy atom.